The van der Waals surface area contributed by atoms with Crippen LogP contribution in [0.4, 0.5) is 0 Å². The standard InChI is InChI=1S/C14H12N4O2S/c1-2-5-10(6-3-1)20-9-12-15-16-14-18(12)17-13(21-14)11-7-4-8-19-11/h1-8,13,17H,9H2. The Hall–Kier alpha value is -2.41. The Labute approximate surface area is 125 Å². The second-order valence-corrected chi connectivity index (χ2v) is 5.55. The number of furan rings is 1. The van der Waals surface area contributed by atoms with Crippen molar-refractivity contribution in [1.82, 2.24) is 14.9 Å². The second kappa shape index (κ2) is 5.17. The van der Waals surface area contributed by atoms with Gasteiger partial charge in [0.25, 0.3) is 0 Å². The molecule has 0 saturated carbocycles. The Morgan fingerprint density at radius 2 is 2.10 bits per heavy atom. The van der Waals surface area contributed by atoms with Crippen LogP contribution < -0.4 is 10.2 Å². The summed E-state index contributed by atoms with van der Waals surface area (Å²) >= 11 is 1.57. The van der Waals surface area contributed by atoms with E-state index in [1.807, 2.05) is 47.1 Å². The van der Waals surface area contributed by atoms with Gasteiger partial charge in [-0.15, -0.1) is 10.2 Å². The first kappa shape index (κ1) is 12.3. The van der Waals surface area contributed by atoms with Gasteiger partial charge in [0.05, 0.1) is 6.26 Å². The minimum absolute atomic E-state index is 0.0148. The van der Waals surface area contributed by atoms with Crippen molar-refractivity contribution in [2.45, 2.75) is 17.1 Å². The van der Waals surface area contributed by atoms with Crippen molar-refractivity contribution in [3.8, 4) is 5.75 Å². The number of para-hydroxylation sites is 1. The summed E-state index contributed by atoms with van der Waals surface area (Å²) in [4.78, 5) is 0. The molecule has 0 aliphatic carbocycles. The van der Waals surface area contributed by atoms with Gasteiger partial charge in [-0.05, 0) is 36.0 Å². The van der Waals surface area contributed by atoms with Gasteiger partial charge in [-0.1, -0.05) is 18.2 Å². The molecule has 21 heavy (non-hydrogen) atoms. The van der Waals surface area contributed by atoms with E-state index < -0.39 is 0 Å². The lowest BCUT2D eigenvalue weighted by Gasteiger charge is -2.10. The molecule has 7 heteroatoms. The zero-order valence-electron chi connectivity index (χ0n) is 11.0. The topological polar surface area (TPSA) is 65.1 Å². The molecule has 0 saturated heterocycles. The molecule has 1 aromatic carbocycles. The van der Waals surface area contributed by atoms with Gasteiger partial charge in [0, 0.05) is 0 Å². The Balaban J connectivity index is 1.48. The molecule has 6 nitrogen and oxygen atoms in total. The van der Waals surface area contributed by atoms with Crippen LogP contribution in [-0.2, 0) is 6.61 Å². The fraction of sp³-hybridized carbons (Fsp3) is 0.143. The van der Waals surface area contributed by atoms with E-state index in [-0.39, 0.29) is 5.37 Å². The number of nitrogens with one attached hydrogen (secondary N) is 1. The summed E-state index contributed by atoms with van der Waals surface area (Å²) in [7, 11) is 0. The highest BCUT2D eigenvalue weighted by atomic mass is 32.2. The lowest BCUT2D eigenvalue weighted by molar-refractivity contribution is 0.290. The molecular formula is C14H12N4O2S. The highest BCUT2D eigenvalue weighted by Crippen LogP contribution is 2.38. The normalized spacial score (nSPS) is 16.5. The van der Waals surface area contributed by atoms with Crippen molar-refractivity contribution < 1.29 is 9.15 Å². The van der Waals surface area contributed by atoms with Crippen LogP contribution in [-0.4, -0.2) is 14.9 Å². The van der Waals surface area contributed by atoms with Crippen LogP contribution >= 0.6 is 11.8 Å². The van der Waals surface area contributed by atoms with E-state index >= 15 is 0 Å². The first-order valence-electron chi connectivity index (χ1n) is 6.49. The van der Waals surface area contributed by atoms with E-state index in [9.17, 15) is 0 Å². The van der Waals surface area contributed by atoms with E-state index in [1.165, 1.54) is 0 Å². The SMILES string of the molecule is c1ccc(OCc2nnc3n2NC(c2ccco2)S3)cc1. The van der Waals surface area contributed by atoms with Crippen LogP contribution in [0.15, 0.2) is 58.3 Å². The minimum Gasteiger partial charge on any atom is -0.486 e. The summed E-state index contributed by atoms with van der Waals surface area (Å²) in [6, 6.07) is 13.5. The Bertz CT molecular complexity index is 727. The van der Waals surface area contributed by atoms with E-state index in [4.69, 9.17) is 9.15 Å². The molecule has 0 amide bonds. The van der Waals surface area contributed by atoms with Crippen molar-refractivity contribution in [3.05, 3.63) is 60.3 Å². The smallest absolute Gasteiger partial charge is 0.212 e. The van der Waals surface area contributed by atoms with Gasteiger partial charge in [0.2, 0.25) is 5.16 Å². The fourth-order valence-corrected chi connectivity index (χ4v) is 3.05. The van der Waals surface area contributed by atoms with Crippen LogP contribution in [0.5, 0.6) is 5.75 Å². The third-order valence-electron chi connectivity index (χ3n) is 3.08. The number of nitrogens with zero attached hydrogens (tertiary/aromatic N) is 3. The lowest BCUT2D eigenvalue weighted by Crippen LogP contribution is -2.16. The number of benzene rings is 1. The van der Waals surface area contributed by atoms with Crippen LogP contribution in [0.25, 0.3) is 0 Å². The van der Waals surface area contributed by atoms with Gasteiger partial charge in [0.15, 0.2) is 11.2 Å². The van der Waals surface area contributed by atoms with Gasteiger partial charge < -0.3 is 14.6 Å². The molecule has 0 bridgehead atoms. The molecule has 106 valence electrons. The second-order valence-electron chi connectivity index (χ2n) is 4.48. The summed E-state index contributed by atoms with van der Waals surface area (Å²) in [5, 5.41) is 9.13. The minimum atomic E-state index is 0.0148. The fourth-order valence-electron chi connectivity index (χ4n) is 2.08. The number of aromatic nitrogens is 3. The molecule has 0 fully saturated rings. The van der Waals surface area contributed by atoms with E-state index in [0.717, 1.165) is 22.5 Å². The van der Waals surface area contributed by atoms with Crippen LogP contribution in [0.3, 0.4) is 0 Å². The molecule has 0 radical (unpaired) electrons. The average molecular weight is 300 g/mol. The summed E-state index contributed by atoms with van der Waals surface area (Å²) in [5.41, 5.74) is 3.30. The lowest BCUT2D eigenvalue weighted by atomic mass is 10.3. The van der Waals surface area contributed by atoms with Gasteiger partial charge in [-0.2, -0.15) is 0 Å². The summed E-state index contributed by atoms with van der Waals surface area (Å²) < 4.78 is 13.0. The summed E-state index contributed by atoms with van der Waals surface area (Å²) in [5.74, 6) is 2.40. The first-order valence-corrected chi connectivity index (χ1v) is 7.37. The van der Waals surface area contributed by atoms with Crippen LogP contribution in [0, 0.1) is 0 Å². The van der Waals surface area contributed by atoms with Crippen molar-refractivity contribution >= 4 is 11.8 Å². The molecule has 1 atom stereocenters. The molecule has 0 spiro atoms. The quantitative estimate of drug-likeness (QED) is 0.799. The van der Waals surface area contributed by atoms with Crippen molar-refractivity contribution in [2.24, 2.45) is 0 Å². The molecule has 1 aliphatic heterocycles. The van der Waals surface area contributed by atoms with Gasteiger partial charge in [0.1, 0.15) is 18.1 Å². The number of thioether (sulfide) groups is 1. The highest BCUT2D eigenvalue weighted by molar-refractivity contribution is 7.99. The summed E-state index contributed by atoms with van der Waals surface area (Å²) in [6.07, 6.45) is 1.66. The van der Waals surface area contributed by atoms with Crippen molar-refractivity contribution in [1.29, 1.82) is 0 Å². The third kappa shape index (κ3) is 2.36. The van der Waals surface area contributed by atoms with Crippen molar-refractivity contribution in [3.63, 3.8) is 0 Å². The third-order valence-corrected chi connectivity index (χ3v) is 4.13. The monoisotopic (exact) mass is 300 g/mol. The van der Waals surface area contributed by atoms with E-state index in [1.54, 1.807) is 18.0 Å². The maximum Gasteiger partial charge on any atom is 0.212 e. The van der Waals surface area contributed by atoms with Gasteiger partial charge in [-0.3, -0.25) is 0 Å². The molecular weight excluding hydrogens is 288 g/mol. The zero-order chi connectivity index (χ0) is 14.1. The number of hydrogen-bond acceptors (Lipinski definition) is 6. The Kier molecular flexibility index (Phi) is 3.04. The first-order chi connectivity index (χ1) is 10.4. The van der Waals surface area contributed by atoms with E-state index in [0.29, 0.717) is 6.61 Å². The molecule has 1 aliphatic rings. The van der Waals surface area contributed by atoms with Crippen LogP contribution in [0.2, 0.25) is 0 Å². The number of hydrogen-bond donors (Lipinski definition) is 1. The maximum atomic E-state index is 5.71. The molecule has 2 aromatic heterocycles. The number of fused-ring (bicyclic) bond motifs is 1. The maximum absolute atomic E-state index is 5.71. The largest absolute Gasteiger partial charge is 0.486 e. The number of rotatable bonds is 4. The molecule has 1 N–H and O–H groups in total. The predicted molar refractivity (Wildman–Crippen MR) is 77.5 cm³/mol. The van der Waals surface area contributed by atoms with Crippen LogP contribution in [0.1, 0.15) is 17.0 Å². The number of ether oxygens (including phenoxy) is 1. The molecule has 4 rings (SSSR count). The molecule has 1 unspecified atom stereocenters. The van der Waals surface area contributed by atoms with Gasteiger partial charge >= 0.3 is 0 Å². The van der Waals surface area contributed by atoms with Crippen molar-refractivity contribution in [2.75, 3.05) is 5.43 Å². The molecule has 3 aromatic rings. The Morgan fingerprint density at radius 1 is 1.19 bits per heavy atom. The predicted octanol–water partition coefficient (Wildman–Crippen LogP) is 2.80. The summed E-state index contributed by atoms with van der Waals surface area (Å²) in [6.45, 7) is 0.357. The zero-order valence-corrected chi connectivity index (χ0v) is 11.8. The average Bonchev–Trinajstić information content (AvgIpc) is 3.23. The van der Waals surface area contributed by atoms with Gasteiger partial charge in [-0.25, -0.2) is 4.68 Å². The van der Waals surface area contributed by atoms with E-state index in [2.05, 4.69) is 15.6 Å². The molecule has 3 heterocycles. The highest BCUT2D eigenvalue weighted by Gasteiger charge is 2.29. The Morgan fingerprint density at radius 3 is 2.90 bits per heavy atom.